The van der Waals surface area contributed by atoms with Crippen molar-refractivity contribution < 1.29 is 18.0 Å². The summed E-state index contributed by atoms with van der Waals surface area (Å²) in [6, 6.07) is 9.19. The van der Waals surface area contributed by atoms with Crippen molar-refractivity contribution in [1.82, 2.24) is 0 Å². The quantitative estimate of drug-likeness (QED) is 0.837. The topological polar surface area (TPSA) is 29.1 Å². The summed E-state index contributed by atoms with van der Waals surface area (Å²) in [4.78, 5) is 12.1. The highest BCUT2D eigenvalue weighted by Gasteiger charge is 2.30. The summed E-state index contributed by atoms with van der Waals surface area (Å²) in [5, 5.41) is 2.80. The van der Waals surface area contributed by atoms with Gasteiger partial charge in [0, 0.05) is 5.69 Å². The fourth-order valence-corrected chi connectivity index (χ4v) is 1.96. The molecule has 0 aliphatic carbocycles. The van der Waals surface area contributed by atoms with Crippen LogP contribution in [0, 0.1) is 6.92 Å². The third-order valence-electron chi connectivity index (χ3n) is 2.84. The Labute approximate surface area is 124 Å². The lowest BCUT2D eigenvalue weighted by Crippen LogP contribution is -2.13. The second-order valence-electron chi connectivity index (χ2n) is 4.51. The number of benzene rings is 2. The van der Waals surface area contributed by atoms with Gasteiger partial charge >= 0.3 is 6.18 Å². The molecule has 0 spiro atoms. The molecule has 0 unspecified atom stereocenters. The number of alkyl halides is 3. The molecule has 0 atom stereocenters. The summed E-state index contributed by atoms with van der Waals surface area (Å²) in [5.41, 5.74) is 0.633. The number of anilines is 1. The summed E-state index contributed by atoms with van der Waals surface area (Å²) in [6.45, 7) is 1.81. The van der Waals surface area contributed by atoms with Gasteiger partial charge in [0.25, 0.3) is 5.91 Å². The molecule has 0 aliphatic rings. The average Bonchev–Trinajstić information content (AvgIpc) is 2.41. The van der Waals surface area contributed by atoms with Crippen molar-refractivity contribution in [2.45, 2.75) is 13.1 Å². The van der Waals surface area contributed by atoms with Crippen molar-refractivity contribution in [3.8, 4) is 0 Å². The maximum atomic E-state index is 12.4. The average molecular weight is 314 g/mol. The van der Waals surface area contributed by atoms with Crippen LogP contribution >= 0.6 is 11.6 Å². The SMILES string of the molecule is Cc1ccc(Cl)c(C(=O)Nc2ccc(C(F)(F)F)cc2)c1. The Morgan fingerprint density at radius 2 is 1.71 bits per heavy atom. The van der Waals surface area contributed by atoms with Crippen molar-refractivity contribution in [2.75, 3.05) is 5.32 Å². The predicted octanol–water partition coefficient (Wildman–Crippen LogP) is 4.92. The van der Waals surface area contributed by atoms with Crippen LogP contribution in [-0.4, -0.2) is 5.91 Å². The number of carbonyl (C=O) groups is 1. The Morgan fingerprint density at radius 3 is 2.29 bits per heavy atom. The molecule has 110 valence electrons. The van der Waals surface area contributed by atoms with E-state index in [0.717, 1.165) is 17.7 Å². The Morgan fingerprint density at radius 1 is 1.10 bits per heavy atom. The second kappa shape index (κ2) is 5.77. The normalized spacial score (nSPS) is 11.3. The molecular weight excluding hydrogens is 303 g/mol. The van der Waals surface area contributed by atoms with Gasteiger partial charge in [0.1, 0.15) is 0 Å². The largest absolute Gasteiger partial charge is 0.416 e. The first-order valence-corrected chi connectivity index (χ1v) is 6.40. The van der Waals surface area contributed by atoms with E-state index in [2.05, 4.69) is 5.32 Å². The summed E-state index contributed by atoms with van der Waals surface area (Å²) < 4.78 is 37.3. The van der Waals surface area contributed by atoms with E-state index < -0.39 is 17.6 Å². The zero-order chi connectivity index (χ0) is 15.6. The van der Waals surface area contributed by atoms with Gasteiger partial charge in [0.2, 0.25) is 0 Å². The second-order valence-corrected chi connectivity index (χ2v) is 4.92. The van der Waals surface area contributed by atoms with Gasteiger partial charge in [-0.15, -0.1) is 0 Å². The third kappa shape index (κ3) is 3.76. The molecule has 0 heterocycles. The van der Waals surface area contributed by atoms with Crippen LogP contribution in [0.3, 0.4) is 0 Å². The molecule has 0 radical (unpaired) electrons. The van der Waals surface area contributed by atoms with E-state index in [9.17, 15) is 18.0 Å². The molecule has 1 amide bonds. The Bertz CT molecular complexity index is 666. The van der Waals surface area contributed by atoms with Gasteiger partial charge in [0.15, 0.2) is 0 Å². The molecular formula is C15H11ClF3NO. The molecule has 0 aromatic heterocycles. The third-order valence-corrected chi connectivity index (χ3v) is 3.17. The highest BCUT2D eigenvalue weighted by atomic mass is 35.5. The first kappa shape index (κ1) is 15.4. The minimum absolute atomic E-state index is 0.269. The van der Waals surface area contributed by atoms with Gasteiger partial charge in [-0.3, -0.25) is 4.79 Å². The number of hydrogen-bond donors (Lipinski definition) is 1. The molecule has 0 fully saturated rings. The van der Waals surface area contributed by atoms with Crippen molar-refractivity contribution in [1.29, 1.82) is 0 Å². The number of halogens is 4. The maximum absolute atomic E-state index is 12.4. The lowest BCUT2D eigenvalue weighted by atomic mass is 10.1. The minimum Gasteiger partial charge on any atom is -0.322 e. The Kier molecular flexibility index (Phi) is 4.23. The molecule has 1 N–H and O–H groups in total. The summed E-state index contributed by atoms with van der Waals surface area (Å²) in [5.74, 6) is -0.469. The number of nitrogens with one attached hydrogen (secondary N) is 1. The number of amides is 1. The fourth-order valence-electron chi connectivity index (χ4n) is 1.75. The molecule has 0 saturated heterocycles. The molecule has 6 heteroatoms. The fraction of sp³-hybridized carbons (Fsp3) is 0.133. The van der Waals surface area contributed by atoms with Gasteiger partial charge in [-0.05, 0) is 43.3 Å². The van der Waals surface area contributed by atoms with Crippen LogP contribution in [0.5, 0.6) is 0 Å². The standard InChI is InChI=1S/C15H11ClF3NO/c1-9-2-7-13(16)12(8-9)14(21)20-11-5-3-10(4-6-11)15(17,18)19/h2-8H,1H3,(H,20,21). The maximum Gasteiger partial charge on any atom is 0.416 e. The molecule has 2 aromatic carbocycles. The molecule has 0 saturated carbocycles. The smallest absolute Gasteiger partial charge is 0.322 e. The van der Waals surface area contributed by atoms with Gasteiger partial charge in [0.05, 0.1) is 16.1 Å². The van der Waals surface area contributed by atoms with Crippen molar-refractivity contribution in [2.24, 2.45) is 0 Å². The first-order chi connectivity index (χ1) is 9.77. The van der Waals surface area contributed by atoms with Gasteiger partial charge in [-0.25, -0.2) is 0 Å². The number of rotatable bonds is 2. The van der Waals surface area contributed by atoms with Crippen molar-refractivity contribution in [3.63, 3.8) is 0 Å². The van der Waals surface area contributed by atoms with E-state index >= 15 is 0 Å². The summed E-state index contributed by atoms with van der Waals surface area (Å²) in [7, 11) is 0. The van der Waals surface area contributed by atoms with Gasteiger partial charge in [-0.2, -0.15) is 13.2 Å². The van der Waals surface area contributed by atoms with Crippen LogP contribution < -0.4 is 5.32 Å². The first-order valence-electron chi connectivity index (χ1n) is 6.02. The zero-order valence-corrected chi connectivity index (χ0v) is 11.7. The van der Waals surface area contributed by atoms with Gasteiger partial charge < -0.3 is 5.32 Å². The molecule has 2 nitrogen and oxygen atoms in total. The summed E-state index contributed by atoms with van der Waals surface area (Å²) in [6.07, 6.45) is -4.40. The predicted molar refractivity (Wildman–Crippen MR) is 75.6 cm³/mol. The lowest BCUT2D eigenvalue weighted by molar-refractivity contribution is -0.137. The zero-order valence-electron chi connectivity index (χ0n) is 11.0. The van der Waals surface area contributed by atoms with Crippen LogP contribution in [0.4, 0.5) is 18.9 Å². The number of hydrogen-bond acceptors (Lipinski definition) is 1. The van der Waals surface area contributed by atoms with Gasteiger partial charge in [-0.1, -0.05) is 23.2 Å². The molecule has 2 rings (SSSR count). The number of carbonyl (C=O) groups excluding carboxylic acids is 1. The molecule has 0 bridgehead atoms. The minimum atomic E-state index is -4.40. The van der Waals surface area contributed by atoms with E-state index in [1.807, 2.05) is 6.92 Å². The lowest BCUT2D eigenvalue weighted by Gasteiger charge is -2.10. The van der Waals surface area contributed by atoms with E-state index in [1.165, 1.54) is 12.1 Å². The van der Waals surface area contributed by atoms with Crippen LogP contribution in [0.2, 0.25) is 5.02 Å². The van der Waals surface area contributed by atoms with Crippen LogP contribution in [-0.2, 0) is 6.18 Å². The van der Waals surface area contributed by atoms with Crippen LogP contribution in [0.15, 0.2) is 42.5 Å². The monoisotopic (exact) mass is 313 g/mol. The molecule has 21 heavy (non-hydrogen) atoms. The summed E-state index contributed by atoms with van der Waals surface area (Å²) >= 11 is 5.93. The Balaban J connectivity index is 2.18. The van der Waals surface area contributed by atoms with E-state index in [1.54, 1.807) is 18.2 Å². The Hall–Kier alpha value is -2.01. The van der Waals surface area contributed by atoms with E-state index in [0.29, 0.717) is 0 Å². The highest BCUT2D eigenvalue weighted by Crippen LogP contribution is 2.30. The van der Waals surface area contributed by atoms with E-state index in [-0.39, 0.29) is 16.3 Å². The van der Waals surface area contributed by atoms with Crippen molar-refractivity contribution in [3.05, 3.63) is 64.2 Å². The van der Waals surface area contributed by atoms with Crippen molar-refractivity contribution >= 4 is 23.2 Å². The molecule has 2 aromatic rings. The van der Waals surface area contributed by atoms with Crippen LogP contribution in [0.25, 0.3) is 0 Å². The van der Waals surface area contributed by atoms with E-state index in [4.69, 9.17) is 11.6 Å². The highest BCUT2D eigenvalue weighted by molar-refractivity contribution is 6.34. The molecule has 0 aliphatic heterocycles. The number of aryl methyl sites for hydroxylation is 1. The van der Waals surface area contributed by atoms with Crippen LogP contribution in [0.1, 0.15) is 21.5 Å².